The molecule has 1 unspecified atom stereocenters. The minimum atomic E-state index is -0.213. The predicted octanol–water partition coefficient (Wildman–Crippen LogP) is 1.86. The van der Waals surface area contributed by atoms with Crippen LogP contribution in [0, 0.1) is 0 Å². The quantitative estimate of drug-likeness (QED) is 0.866. The SMILES string of the molecule is CCCCn1ncc(NC2(C)CCNC2)c(Cl)c1=O. The lowest BCUT2D eigenvalue weighted by Crippen LogP contribution is -2.38. The maximum Gasteiger partial charge on any atom is 0.287 e. The number of nitrogens with zero attached hydrogens (tertiary/aromatic N) is 2. The molecule has 0 radical (unpaired) electrons. The van der Waals surface area contributed by atoms with Crippen LogP contribution in [0.1, 0.15) is 33.1 Å². The van der Waals surface area contributed by atoms with Gasteiger partial charge in [-0.25, -0.2) is 4.68 Å². The van der Waals surface area contributed by atoms with Crippen LogP contribution in [0.3, 0.4) is 0 Å². The van der Waals surface area contributed by atoms with Crippen molar-refractivity contribution in [2.24, 2.45) is 0 Å². The predicted molar refractivity (Wildman–Crippen MR) is 77.9 cm³/mol. The van der Waals surface area contributed by atoms with Crippen LogP contribution in [0.2, 0.25) is 5.02 Å². The summed E-state index contributed by atoms with van der Waals surface area (Å²) < 4.78 is 1.44. The van der Waals surface area contributed by atoms with Crippen molar-refractivity contribution < 1.29 is 0 Å². The highest BCUT2D eigenvalue weighted by atomic mass is 35.5. The zero-order valence-corrected chi connectivity index (χ0v) is 12.3. The number of nitrogens with one attached hydrogen (secondary N) is 2. The summed E-state index contributed by atoms with van der Waals surface area (Å²) in [4.78, 5) is 12.1. The van der Waals surface area contributed by atoms with Crippen LogP contribution in [0.5, 0.6) is 0 Å². The van der Waals surface area contributed by atoms with Gasteiger partial charge < -0.3 is 10.6 Å². The van der Waals surface area contributed by atoms with Crippen molar-refractivity contribution in [1.82, 2.24) is 15.1 Å². The molecule has 2 heterocycles. The van der Waals surface area contributed by atoms with Crippen LogP contribution >= 0.6 is 11.6 Å². The highest BCUT2D eigenvalue weighted by molar-refractivity contribution is 6.32. The molecule has 1 fully saturated rings. The maximum atomic E-state index is 12.1. The normalized spacial score (nSPS) is 22.7. The van der Waals surface area contributed by atoms with Crippen molar-refractivity contribution in [3.8, 4) is 0 Å². The van der Waals surface area contributed by atoms with E-state index in [2.05, 4.69) is 29.6 Å². The molecule has 0 saturated carbocycles. The Balaban J connectivity index is 2.18. The van der Waals surface area contributed by atoms with Crippen molar-refractivity contribution in [2.45, 2.75) is 45.2 Å². The Labute approximate surface area is 118 Å². The van der Waals surface area contributed by atoms with Crippen LogP contribution in [-0.2, 0) is 6.54 Å². The Kier molecular flexibility index (Phi) is 4.47. The second-order valence-electron chi connectivity index (χ2n) is 5.37. The molecule has 1 aromatic rings. The molecule has 0 bridgehead atoms. The second-order valence-corrected chi connectivity index (χ2v) is 5.74. The van der Waals surface area contributed by atoms with Crippen molar-refractivity contribution in [3.05, 3.63) is 21.6 Å². The van der Waals surface area contributed by atoms with Gasteiger partial charge in [0.2, 0.25) is 0 Å². The zero-order chi connectivity index (χ0) is 13.9. The molecule has 1 aliphatic heterocycles. The number of aromatic nitrogens is 2. The van der Waals surface area contributed by atoms with Crippen molar-refractivity contribution >= 4 is 17.3 Å². The lowest BCUT2D eigenvalue weighted by atomic mass is 10.0. The van der Waals surface area contributed by atoms with E-state index in [1.807, 2.05) is 0 Å². The first-order valence-corrected chi connectivity index (χ1v) is 7.18. The summed E-state index contributed by atoms with van der Waals surface area (Å²) in [5, 5.41) is 11.1. The first kappa shape index (κ1) is 14.3. The van der Waals surface area contributed by atoms with Crippen molar-refractivity contribution in [3.63, 3.8) is 0 Å². The van der Waals surface area contributed by atoms with E-state index in [1.54, 1.807) is 6.20 Å². The van der Waals surface area contributed by atoms with Crippen molar-refractivity contribution in [2.75, 3.05) is 18.4 Å². The Bertz CT molecular complexity index is 494. The molecule has 6 heteroatoms. The van der Waals surface area contributed by atoms with E-state index in [4.69, 9.17) is 11.6 Å². The Hall–Kier alpha value is -1.07. The highest BCUT2D eigenvalue weighted by Gasteiger charge is 2.29. The van der Waals surface area contributed by atoms with Crippen molar-refractivity contribution in [1.29, 1.82) is 0 Å². The molecule has 2 N–H and O–H groups in total. The molecule has 0 aliphatic carbocycles. The molecule has 1 saturated heterocycles. The molecule has 1 atom stereocenters. The van der Waals surface area contributed by atoms with Gasteiger partial charge in [-0.3, -0.25) is 4.79 Å². The van der Waals surface area contributed by atoms with Crippen LogP contribution in [-0.4, -0.2) is 28.4 Å². The molecular weight excluding hydrogens is 264 g/mol. The minimum Gasteiger partial charge on any atom is -0.376 e. The summed E-state index contributed by atoms with van der Waals surface area (Å²) in [5.74, 6) is 0. The number of aryl methyl sites for hydroxylation is 1. The lowest BCUT2D eigenvalue weighted by molar-refractivity contribution is 0.537. The van der Waals surface area contributed by atoms with Crippen LogP contribution in [0.4, 0.5) is 5.69 Å². The number of halogens is 1. The number of hydrogen-bond donors (Lipinski definition) is 2. The fourth-order valence-corrected chi connectivity index (χ4v) is 2.46. The van der Waals surface area contributed by atoms with Crippen LogP contribution in [0.25, 0.3) is 0 Å². The fourth-order valence-electron chi connectivity index (χ4n) is 2.27. The summed E-state index contributed by atoms with van der Waals surface area (Å²) in [6.07, 6.45) is 4.61. The summed E-state index contributed by atoms with van der Waals surface area (Å²) in [5.41, 5.74) is 0.355. The van der Waals surface area contributed by atoms with Gasteiger partial charge >= 0.3 is 0 Å². The van der Waals surface area contributed by atoms with E-state index in [0.29, 0.717) is 12.2 Å². The topological polar surface area (TPSA) is 59.0 Å². The molecule has 0 spiro atoms. The summed E-state index contributed by atoms with van der Waals surface area (Å²) in [6.45, 7) is 6.65. The van der Waals surface area contributed by atoms with Gasteiger partial charge in [0.1, 0.15) is 5.02 Å². The van der Waals surface area contributed by atoms with E-state index >= 15 is 0 Å². The van der Waals surface area contributed by atoms with E-state index in [-0.39, 0.29) is 16.1 Å². The summed E-state index contributed by atoms with van der Waals surface area (Å²) >= 11 is 6.16. The number of rotatable bonds is 5. The third kappa shape index (κ3) is 3.28. The molecule has 5 nitrogen and oxygen atoms in total. The first-order chi connectivity index (χ1) is 9.06. The van der Waals surface area contributed by atoms with Gasteiger partial charge in [0, 0.05) is 18.6 Å². The first-order valence-electron chi connectivity index (χ1n) is 6.80. The number of unbranched alkanes of at least 4 members (excludes halogenated alkanes) is 1. The van der Waals surface area contributed by atoms with Gasteiger partial charge in [0.15, 0.2) is 0 Å². The average Bonchev–Trinajstić information content (AvgIpc) is 2.81. The monoisotopic (exact) mass is 284 g/mol. The van der Waals surface area contributed by atoms with E-state index in [0.717, 1.165) is 32.4 Å². The zero-order valence-electron chi connectivity index (χ0n) is 11.5. The van der Waals surface area contributed by atoms with Gasteiger partial charge in [-0.15, -0.1) is 0 Å². The van der Waals surface area contributed by atoms with E-state index < -0.39 is 0 Å². The summed E-state index contributed by atoms with van der Waals surface area (Å²) in [6, 6.07) is 0. The van der Waals surface area contributed by atoms with E-state index in [9.17, 15) is 4.79 Å². The maximum absolute atomic E-state index is 12.1. The van der Waals surface area contributed by atoms with E-state index in [1.165, 1.54) is 4.68 Å². The van der Waals surface area contributed by atoms with Gasteiger partial charge in [-0.2, -0.15) is 5.10 Å². The smallest absolute Gasteiger partial charge is 0.287 e. The largest absolute Gasteiger partial charge is 0.376 e. The van der Waals surface area contributed by atoms with Crippen LogP contribution in [0.15, 0.2) is 11.0 Å². The second kappa shape index (κ2) is 5.92. The third-order valence-electron chi connectivity index (χ3n) is 3.51. The summed E-state index contributed by atoms with van der Waals surface area (Å²) in [7, 11) is 0. The van der Waals surface area contributed by atoms with Crippen LogP contribution < -0.4 is 16.2 Å². The fraction of sp³-hybridized carbons (Fsp3) is 0.692. The highest BCUT2D eigenvalue weighted by Crippen LogP contribution is 2.24. The molecular formula is C13H21ClN4O. The third-order valence-corrected chi connectivity index (χ3v) is 3.88. The van der Waals surface area contributed by atoms with Gasteiger partial charge in [-0.1, -0.05) is 24.9 Å². The lowest BCUT2D eigenvalue weighted by Gasteiger charge is -2.26. The molecule has 2 rings (SSSR count). The molecule has 106 valence electrons. The molecule has 19 heavy (non-hydrogen) atoms. The Morgan fingerprint density at radius 1 is 1.63 bits per heavy atom. The van der Waals surface area contributed by atoms with Gasteiger partial charge in [0.05, 0.1) is 11.9 Å². The Morgan fingerprint density at radius 2 is 2.42 bits per heavy atom. The van der Waals surface area contributed by atoms with Gasteiger partial charge in [0.25, 0.3) is 5.56 Å². The Morgan fingerprint density at radius 3 is 3.05 bits per heavy atom. The molecule has 0 amide bonds. The minimum absolute atomic E-state index is 0.0621. The standard InChI is InChI=1S/C13H21ClN4O/c1-3-4-7-18-12(19)11(14)10(8-16-18)17-13(2)5-6-15-9-13/h8,15,17H,3-7,9H2,1-2H3. The molecule has 0 aromatic carbocycles. The average molecular weight is 285 g/mol. The van der Waals surface area contributed by atoms with Gasteiger partial charge in [-0.05, 0) is 26.3 Å². The molecule has 1 aliphatic rings. The number of hydrogen-bond acceptors (Lipinski definition) is 4. The molecule has 1 aromatic heterocycles. The number of anilines is 1.